The lowest BCUT2D eigenvalue weighted by atomic mass is 10.2. The molecule has 0 spiro atoms. The maximum Gasteiger partial charge on any atom is 0.305 e. The van der Waals surface area contributed by atoms with Crippen LogP contribution >= 0.6 is 11.3 Å². The lowest BCUT2D eigenvalue weighted by Crippen LogP contribution is -2.26. The smallest absolute Gasteiger partial charge is 0.305 e. The lowest BCUT2D eigenvalue weighted by molar-refractivity contribution is -0.140. The molecule has 6 nitrogen and oxygen atoms in total. The van der Waals surface area contributed by atoms with Crippen LogP contribution in [0.5, 0.6) is 0 Å². The third kappa shape index (κ3) is 4.28. The summed E-state index contributed by atoms with van der Waals surface area (Å²) in [5.41, 5.74) is 0.876. The molecule has 1 atom stereocenters. The zero-order chi connectivity index (χ0) is 14.4. The van der Waals surface area contributed by atoms with Crippen molar-refractivity contribution >= 4 is 28.3 Å². The molecule has 2 rings (SSSR count). The molecule has 0 saturated carbocycles. The van der Waals surface area contributed by atoms with E-state index in [0.717, 1.165) is 18.5 Å². The number of thiazole rings is 1. The van der Waals surface area contributed by atoms with E-state index in [1.54, 1.807) is 0 Å². The zero-order valence-corrected chi connectivity index (χ0v) is 12.2. The van der Waals surface area contributed by atoms with Gasteiger partial charge in [0.15, 0.2) is 5.13 Å². The van der Waals surface area contributed by atoms with Crippen LogP contribution < -0.4 is 5.32 Å². The second-order valence-electron chi connectivity index (χ2n) is 4.56. The molecule has 110 valence electrons. The molecule has 1 fully saturated rings. The number of hydrogen-bond donors (Lipinski definition) is 1. The molecular weight excluding hydrogens is 280 g/mol. The number of methoxy groups -OCH3 is 1. The van der Waals surface area contributed by atoms with Crippen LogP contribution in [0.3, 0.4) is 0 Å². The van der Waals surface area contributed by atoms with Crippen LogP contribution in [0.1, 0.15) is 31.4 Å². The zero-order valence-electron chi connectivity index (χ0n) is 11.4. The van der Waals surface area contributed by atoms with E-state index < -0.39 is 0 Å². The van der Waals surface area contributed by atoms with E-state index in [9.17, 15) is 9.59 Å². The second kappa shape index (κ2) is 7.35. The van der Waals surface area contributed by atoms with Gasteiger partial charge < -0.3 is 9.47 Å². The van der Waals surface area contributed by atoms with Crippen LogP contribution in [0.25, 0.3) is 0 Å². The molecule has 0 aromatic carbocycles. The summed E-state index contributed by atoms with van der Waals surface area (Å²) in [4.78, 5) is 27.1. The minimum Gasteiger partial charge on any atom is -0.469 e. The van der Waals surface area contributed by atoms with Gasteiger partial charge in [-0.05, 0) is 25.7 Å². The summed E-state index contributed by atoms with van der Waals surface area (Å²) in [6, 6.07) is 0. The largest absolute Gasteiger partial charge is 0.469 e. The number of carbonyl (C=O) groups is 2. The molecule has 1 aliphatic heterocycles. The third-order valence-corrected chi connectivity index (χ3v) is 3.85. The van der Waals surface area contributed by atoms with E-state index in [-0.39, 0.29) is 18.0 Å². The van der Waals surface area contributed by atoms with Gasteiger partial charge in [0, 0.05) is 18.4 Å². The third-order valence-electron chi connectivity index (χ3n) is 3.05. The molecule has 1 saturated heterocycles. The number of hydrogen-bond acceptors (Lipinski definition) is 6. The molecule has 0 unspecified atom stereocenters. The Morgan fingerprint density at radius 2 is 2.45 bits per heavy atom. The van der Waals surface area contributed by atoms with Crippen molar-refractivity contribution in [3.63, 3.8) is 0 Å². The molecule has 1 aromatic heterocycles. The van der Waals surface area contributed by atoms with Gasteiger partial charge in [-0.1, -0.05) is 0 Å². The van der Waals surface area contributed by atoms with Gasteiger partial charge in [-0.15, -0.1) is 11.3 Å². The summed E-state index contributed by atoms with van der Waals surface area (Å²) in [7, 11) is 1.38. The first-order valence-corrected chi connectivity index (χ1v) is 7.50. The van der Waals surface area contributed by atoms with Gasteiger partial charge in [0.1, 0.15) is 6.10 Å². The Balaban J connectivity index is 1.76. The fourth-order valence-corrected chi connectivity index (χ4v) is 2.71. The molecular formula is C13H18N2O4S. The lowest BCUT2D eigenvalue weighted by Gasteiger charge is -2.07. The highest BCUT2D eigenvalue weighted by Gasteiger charge is 2.24. The monoisotopic (exact) mass is 298 g/mol. The van der Waals surface area contributed by atoms with Gasteiger partial charge >= 0.3 is 5.97 Å². The predicted molar refractivity (Wildman–Crippen MR) is 74.7 cm³/mol. The number of ether oxygens (including phenoxy) is 2. The Labute approximate surface area is 121 Å². The van der Waals surface area contributed by atoms with Crippen molar-refractivity contribution in [1.82, 2.24) is 4.98 Å². The quantitative estimate of drug-likeness (QED) is 0.810. The van der Waals surface area contributed by atoms with Crippen molar-refractivity contribution in [2.24, 2.45) is 0 Å². The van der Waals surface area contributed by atoms with E-state index in [0.29, 0.717) is 31.0 Å². The van der Waals surface area contributed by atoms with Gasteiger partial charge in [-0.25, -0.2) is 4.98 Å². The fraction of sp³-hybridized carbons (Fsp3) is 0.615. The number of nitrogens with one attached hydrogen (secondary N) is 1. The number of anilines is 1. The first kappa shape index (κ1) is 14.9. The van der Waals surface area contributed by atoms with Gasteiger partial charge in [0.2, 0.25) is 0 Å². The number of nitrogens with zero attached hydrogens (tertiary/aromatic N) is 1. The van der Waals surface area contributed by atoms with Gasteiger partial charge in [-0.2, -0.15) is 0 Å². The van der Waals surface area contributed by atoms with Gasteiger partial charge in [0.25, 0.3) is 5.91 Å². The minimum absolute atomic E-state index is 0.127. The van der Waals surface area contributed by atoms with Crippen LogP contribution in [0, 0.1) is 0 Å². The molecule has 1 aromatic rings. The van der Waals surface area contributed by atoms with Crippen molar-refractivity contribution in [2.75, 3.05) is 19.0 Å². The number of carbonyl (C=O) groups excluding carboxylic acids is 2. The standard InChI is InChI=1S/C13H18N2O4S/c1-18-11(16)6-2-4-9-8-20-13(14-9)15-12(17)10-5-3-7-19-10/h8,10H,2-7H2,1H3,(H,14,15,17)/t10-/m0/s1. The topological polar surface area (TPSA) is 77.5 Å². The predicted octanol–water partition coefficient (Wildman–Crippen LogP) is 1.76. The average Bonchev–Trinajstić information content (AvgIpc) is 3.10. The molecule has 2 heterocycles. The van der Waals surface area contributed by atoms with E-state index >= 15 is 0 Å². The molecule has 7 heteroatoms. The molecule has 20 heavy (non-hydrogen) atoms. The van der Waals surface area contributed by atoms with Crippen molar-refractivity contribution < 1.29 is 19.1 Å². The van der Waals surface area contributed by atoms with E-state index in [1.807, 2.05) is 5.38 Å². The van der Waals surface area contributed by atoms with Crippen molar-refractivity contribution in [1.29, 1.82) is 0 Å². The summed E-state index contributed by atoms with van der Waals surface area (Å²) < 4.78 is 9.89. The highest BCUT2D eigenvalue weighted by atomic mass is 32.1. The van der Waals surface area contributed by atoms with Crippen LogP contribution in [0.2, 0.25) is 0 Å². The highest BCUT2D eigenvalue weighted by molar-refractivity contribution is 7.13. The first-order chi connectivity index (χ1) is 9.69. The summed E-state index contributed by atoms with van der Waals surface area (Å²) in [5, 5.41) is 5.24. The van der Waals surface area contributed by atoms with Crippen LogP contribution in [-0.2, 0) is 25.5 Å². The second-order valence-corrected chi connectivity index (χ2v) is 5.42. The molecule has 0 bridgehead atoms. The normalized spacial score (nSPS) is 17.9. The van der Waals surface area contributed by atoms with Crippen LogP contribution in [-0.4, -0.2) is 36.7 Å². The van der Waals surface area contributed by atoms with Gasteiger partial charge in [-0.3, -0.25) is 14.9 Å². The number of rotatable bonds is 6. The summed E-state index contributed by atoms with van der Waals surface area (Å²) in [6.07, 6.45) is 3.11. The maximum atomic E-state index is 11.8. The van der Waals surface area contributed by atoms with Gasteiger partial charge in [0.05, 0.1) is 12.8 Å². The highest BCUT2D eigenvalue weighted by Crippen LogP contribution is 2.19. The minimum atomic E-state index is -0.346. The molecule has 1 N–H and O–H groups in total. The average molecular weight is 298 g/mol. The van der Waals surface area contributed by atoms with Crippen molar-refractivity contribution in [3.8, 4) is 0 Å². The van der Waals surface area contributed by atoms with Crippen molar-refractivity contribution in [2.45, 2.75) is 38.2 Å². The Bertz CT molecular complexity index is 469. The van der Waals surface area contributed by atoms with E-state index in [4.69, 9.17) is 4.74 Å². The summed E-state index contributed by atoms with van der Waals surface area (Å²) in [6.45, 7) is 0.648. The molecule has 1 aliphatic rings. The number of aromatic nitrogens is 1. The Kier molecular flexibility index (Phi) is 5.49. The fourth-order valence-electron chi connectivity index (χ4n) is 1.97. The number of esters is 1. The summed E-state index contributed by atoms with van der Waals surface area (Å²) >= 11 is 1.39. The number of amides is 1. The van der Waals surface area contributed by atoms with Crippen LogP contribution in [0.15, 0.2) is 5.38 Å². The first-order valence-electron chi connectivity index (χ1n) is 6.62. The van der Waals surface area contributed by atoms with Crippen LogP contribution in [0.4, 0.5) is 5.13 Å². The van der Waals surface area contributed by atoms with Crippen molar-refractivity contribution in [3.05, 3.63) is 11.1 Å². The Morgan fingerprint density at radius 1 is 1.60 bits per heavy atom. The van der Waals surface area contributed by atoms with E-state index in [1.165, 1.54) is 18.4 Å². The summed E-state index contributed by atoms with van der Waals surface area (Å²) in [5.74, 6) is -0.343. The number of aryl methyl sites for hydroxylation is 1. The SMILES string of the molecule is COC(=O)CCCc1csc(NC(=O)[C@@H]2CCCO2)n1. The maximum absolute atomic E-state index is 11.8. The molecule has 0 radical (unpaired) electrons. The molecule has 0 aliphatic carbocycles. The molecule has 1 amide bonds. The van der Waals surface area contributed by atoms with E-state index in [2.05, 4.69) is 15.0 Å². The Morgan fingerprint density at radius 3 is 3.15 bits per heavy atom. The Hall–Kier alpha value is -1.47.